The Labute approximate surface area is 257 Å². The summed E-state index contributed by atoms with van der Waals surface area (Å²) in [6.07, 6.45) is 10.1. The Balaban J connectivity index is 0.000000437. The molecular weight excluding hydrogens is 524 g/mol. The zero-order valence-corrected chi connectivity index (χ0v) is 28.0. The lowest BCUT2D eigenvalue weighted by Gasteiger charge is -2.21. The highest BCUT2D eigenvalue weighted by Gasteiger charge is 2.18. The Bertz CT molecular complexity index is 965. The fourth-order valence-electron chi connectivity index (χ4n) is 4.87. The third-order valence-electron chi connectivity index (χ3n) is 7.41. The molecule has 0 fully saturated rings. The highest BCUT2D eigenvalue weighted by Crippen LogP contribution is 2.33. The van der Waals surface area contributed by atoms with Gasteiger partial charge in [-0.3, -0.25) is 0 Å². The largest absolute Gasteiger partial charge is 0.493 e. The van der Waals surface area contributed by atoms with E-state index in [1.54, 1.807) is 7.11 Å². The summed E-state index contributed by atoms with van der Waals surface area (Å²) in [5, 5.41) is 0. The summed E-state index contributed by atoms with van der Waals surface area (Å²) in [6.45, 7) is 13.8. The number of para-hydroxylation sites is 2. The van der Waals surface area contributed by atoms with Crippen LogP contribution in [0.3, 0.4) is 0 Å². The van der Waals surface area contributed by atoms with Gasteiger partial charge in [-0.25, -0.2) is 0 Å². The van der Waals surface area contributed by atoms with Gasteiger partial charge in [0.05, 0.1) is 20.3 Å². The number of benzene rings is 2. The molecule has 6 nitrogen and oxygen atoms in total. The predicted octanol–water partition coefficient (Wildman–Crippen LogP) is 7.88. The minimum absolute atomic E-state index is 0.472. The van der Waals surface area contributed by atoms with Crippen LogP contribution in [0.15, 0.2) is 42.5 Å². The van der Waals surface area contributed by atoms with Crippen LogP contribution in [0.1, 0.15) is 89.7 Å². The van der Waals surface area contributed by atoms with Crippen LogP contribution in [0.4, 0.5) is 0 Å². The van der Waals surface area contributed by atoms with E-state index < -0.39 is 0 Å². The molecule has 6 heteroatoms. The highest BCUT2D eigenvalue weighted by atomic mass is 16.5. The molecule has 0 aromatic heterocycles. The fourth-order valence-corrected chi connectivity index (χ4v) is 4.87. The predicted molar refractivity (Wildman–Crippen MR) is 177 cm³/mol. The number of carbonyl (C=O) groups is 1. The molecule has 2 atom stereocenters. The van der Waals surface area contributed by atoms with Gasteiger partial charge in [-0.1, -0.05) is 58.4 Å². The number of hydrogen-bond acceptors (Lipinski definition) is 6. The lowest BCUT2D eigenvalue weighted by Crippen LogP contribution is -2.22. The third-order valence-corrected chi connectivity index (χ3v) is 7.41. The van der Waals surface area contributed by atoms with Gasteiger partial charge in [0.2, 0.25) is 0 Å². The van der Waals surface area contributed by atoms with Crippen LogP contribution in [0, 0.1) is 5.92 Å². The Hall–Kier alpha value is -2.57. The van der Waals surface area contributed by atoms with Crippen molar-refractivity contribution in [3.63, 3.8) is 0 Å². The van der Waals surface area contributed by atoms with E-state index in [1.165, 1.54) is 56.4 Å². The first-order chi connectivity index (χ1) is 20.3. The monoisotopic (exact) mass is 584 g/mol. The van der Waals surface area contributed by atoms with Gasteiger partial charge < -0.3 is 28.8 Å². The minimum Gasteiger partial charge on any atom is -0.493 e. The van der Waals surface area contributed by atoms with Crippen molar-refractivity contribution < 1.29 is 19.0 Å². The molecule has 0 spiro atoms. The quantitative estimate of drug-likeness (QED) is 0.139. The topological polar surface area (TPSA) is 51.2 Å². The molecule has 2 aromatic carbocycles. The number of aldehydes is 1. The van der Waals surface area contributed by atoms with E-state index in [2.05, 4.69) is 69.9 Å². The van der Waals surface area contributed by atoms with Crippen LogP contribution < -0.4 is 14.2 Å². The number of hydrogen-bond donors (Lipinski definition) is 0. The van der Waals surface area contributed by atoms with Crippen LogP contribution in [0.2, 0.25) is 0 Å². The second-order valence-corrected chi connectivity index (χ2v) is 11.6. The third kappa shape index (κ3) is 15.6. The summed E-state index contributed by atoms with van der Waals surface area (Å²) < 4.78 is 17.0. The Kier molecular flexibility index (Phi) is 20.5. The average molecular weight is 585 g/mol. The summed E-state index contributed by atoms with van der Waals surface area (Å²) in [7, 11) is 8.18. The first-order valence-corrected chi connectivity index (χ1v) is 16.1. The molecule has 0 saturated heterocycles. The van der Waals surface area contributed by atoms with Gasteiger partial charge in [0, 0.05) is 12.8 Å². The van der Waals surface area contributed by atoms with Crippen molar-refractivity contribution in [1.29, 1.82) is 0 Å². The number of fused-ring (bicyclic) bond motifs is 1. The number of nitrogens with zero attached hydrogens (tertiary/aromatic N) is 2. The molecule has 0 N–H and O–H groups in total. The van der Waals surface area contributed by atoms with Crippen LogP contribution in [0.5, 0.6) is 17.2 Å². The normalized spacial score (nSPS) is 13.2. The number of rotatable bonds is 17. The van der Waals surface area contributed by atoms with Crippen LogP contribution >= 0.6 is 0 Å². The smallest absolute Gasteiger partial charge is 0.161 e. The standard InChI is InChI=1S/C22H28O3.C11H26N2.C3H6O/c1-4-17(18-9-10-20-19(14-18)11-12-24-20)13-16(2)15-25-22-8-6-5-7-21(22)23-3;1-5-6-10-13(4)11-8-7-9-12(2)3;1-2-3-4/h5-10,14,16-17H,4,11-13,15H2,1-3H3;5-11H2,1-4H3;3H,2H2,1H3. The molecule has 1 aliphatic heterocycles. The average Bonchev–Trinajstić information content (AvgIpc) is 3.48. The van der Waals surface area contributed by atoms with E-state index in [0.29, 0.717) is 24.9 Å². The van der Waals surface area contributed by atoms with Crippen molar-refractivity contribution in [1.82, 2.24) is 9.80 Å². The van der Waals surface area contributed by atoms with E-state index in [1.807, 2.05) is 31.2 Å². The van der Waals surface area contributed by atoms with Crippen molar-refractivity contribution in [2.75, 3.05) is 61.1 Å². The van der Waals surface area contributed by atoms with Crippen molar-refractivity contribution in [3.05, 3.63) is 53.6 Å². The van der Waals surface area contributed by atoms with Gasteiger partial charge in [-0.2, -0.15) is 0 Å². The van der Waals surface area contributed by atoms with E-state index in [4.69, 9.17) is 14.2 Å². The molecule has 2 aromatic rings. The van der Waals surface area contributed by atoms with E-state index in [-0.39, 0.29) is 0 Å². The van der Waals surface area contributed by atoms with Gasteiger partial charge in [-0.15, -0.1) is 0 Å². The lowest BCUT2D eigenvalue weighted by atomic mass is 9.87. The maximum absolute atomic E-state index is 9.17. The van der Waals surface area contributed by atoms with Gasteiger partial charge in [0.15, 0.2) is 11.5 Å². The summed E-state index contributed by atoms with van der Waals surface area (Å²) in [6, 6.07) is 14.5. The molecule has 1 heterocycles. The molecule has 0 radical (unpaired) electrons. The molecular formula is C36H60N2O4. The second-order valence-electron chi connectivity index (χ2n) is 11.6. The maximum Gasteiger partial charge on any atom is 0.161 e. The van der Waals surface area contributed by atoms with Crippen molar-refractivity contribution in [3.8, 4) is 17.2 Å². The second kappa shape index (κ2) is 23.0. The first-order valence-electron chi connectivity index (χ1n) is 16.1. The Morgan fingerprint density at radius 2 is 1.62 bits per heavy atom. The Morgan fingerprint density at radius 3 is 2.24 bits per heavy atom. The van der Waals surface area contributed by atoms with Crippen molar-refractivity contribution in [2.45, 2.75) is 85.0 Å². The number of carbonyl (C=O) groups excluding carboxylic acids is 1. The molecule has 3 rings (SSSR count). The van der Waals surface area contributed by atoms with E-state index in [9.17, 15) is 4.79 Å². The van der Waals surface area contributed by atoms with Crippen LogP contribution in [-0.4, -0.2) is 77.2 Å². The molecule has 42 heavy (non-hydrogen) atoms. The minimum atomic E-state index is 0.472. The zero-order valence-electron chi connectivity index (χ0n) is 28.0. The summed E-state index contributed by atoms with van der Waals surface area (Å²) in [5.41, 5.74) is 2.78. The van der Waals surface area contributed by atoms with Gasteiger partial charge in [-0.05, 0) is 114 Å². The van der Waals surface area contributed by atoms with Crippen LogP contribution in [0.25, 0.3) is 0 Å². The SMILES string of the molecule is CCC(CC(C)COc1ccccc1OC)c1ccc2c(c1)CCO2.CCC=O.CCCCN(C)CCCCN(C)C. The van der Waals surface area contributed by atoms with E-state index in [0.717, 1.165) is 49.4 Å². The number of methoxy groups -OCH3 is 1. The fraction of sp³-hybridized carbons (Fsp3) is 0.639. The zero-order chi connectivity index (χ0) is 31.2. The molecule has 2 unspecified atom stereocenters. The molecule has 1 aliphatic rings. The number of unbranched alkanes of at least 4 members (excludes halogenated alkanes) is 2. The molecule has 238 valence electrons. The summed E-state index contributed by atoms with van der Waals surface area (Å²) in [5.74, 6) is 3.70. The molecule has 0 saturated carbocycles. The maximum atomic E-state index is 9.17. The first kappa shape index (κ1) is 37.5. The highest BCUT2D eigenvalue weighted by molar-refractivity contribution is 5.48. The molecule has 0 aliphatic carbocycles. The summed E-state index contributed by atoms with van der Waals surface area (Å²) >= 11 is 0. The lowest BCUT2D eigenvalue weighted by molar-refractivity contribution is -0.107. The molecule has 0 bridgehead atoms. The summed E-state index contributed by atoms with van der Waals surface area (Å²) in [4.78, 5) is 13.9. The van der Waals surface area contributed by atoms with Crippen molar-refractivity contribution >= 4 is 6.29 Å². The van der Waals surface area contributed by atoms with Gasteiger partial charge in [0.25, 0.3) is 0 Å². The number of ether oxygens (including phenoxy) is 3. The molecule has 0 amide bonds. The van der Waals surface area contributed by atoms with Crippen LogP contribution in [-0.2, 0) is 11.2 Å². The van der Waals surface area contributed by atoms with Gasteiger partial charge in [0.1, 0.15) is 12.0 Å². The Morgan fingerprint density at radius 1 is 0.952 bits per heavy atom. The van der Waals surface area contributed by atoms with Crippen molar-refractivity contribution in [2.24, 2.45) is 5.92 Å². The van der Waals surface area contributed by atoms with Gasteiger partial charge >= 0.3 is 0 Å². The van der Waals surface area contributed by atoms with E-state index >= 15 is 0 Å².